The quantitative estimate of drug-likeness (QED) is 0.598. The topological polar surface area (TPSA) is 60.2 Å². The molecule has 0 fully saturated rings. The highest BCUT2D eigenvalue weighted by molar-refractivity contribution is 5.21. The van der Waals surface area contributed by atoms with E-state index < -0.39 is 0 Å². The van der Waals surface area contributed by atoms with Gasteiger partial charge in [0.25, 0.3) is 0 Å². The second-order valence-electron chi connectivity index (χ2n) is 3.90. The molecule has 4 nitrogen and oxygen atoms in total. The summed E-state index contributed by atoms with van der Waals surface area (Å²) in [6.45, 7) is 2.73. The van der Waals surface area contributed by atoms with Gasteiger partial charge in [0, 0.05) is 5.69 Å². The highest BCUT2D eigenvalue weighted by atomic mass is 16.5. The van der Waals surface area contributed by atoms with Gasteiger partial charge in [-0.1, -0.05) is 6.07 Å². The van der Waals surface area contributed by atoms with Crippen LogP contribution in [0.5, 0.6) is 0 Å². The van der Waals surface area contributed by atoms with Crippen LogP contribution in [-0.2, 0) is 4.74 Å². The van der Waals surface area contributed by atoms with E-state index in [4.69, 9.17) is 10.6 Å². The van der Waals surface area contributed by atoms with Crippen LogP contribution in [0, 0.1) is 6.92 Å². The molecule has 1 aliphatic rings. The van der Waals surface area contributed by atoms with Crippen molar-refractivity contribution >= 4 is 0 Å². The van der Waals surface area contributed by atoms with Crippen LogP contribution in [0.3, 0.4) is 0 Å². The molecule has 0 amide bonds. The maximum absolute atomic E-state index is 5.60. The van der Waals surface area contributed by atoms with Gasteiger partial charge >= 0.3 is 0 Å². The van der Waals surface area contributed by atoms with Crippen LogP contribution in [0.4, 0.5) is 0 Å². The molecular weight excluding hydrogens is 202 g/mol. The number of nitrogens with zero attached hydrogens (tertiary/aromatic N) is 1. The minimum Gasteiger partial charge on any atom is -0.496 e. The van der Waals surface area contributed by atoms with E-state index in [1.165, 1.54) is 0 Å². The lowest BCUT2D eigenvalue weighted by atomic mass is 10.1. The van der Waals surface area contributed by atoms with E-state index in [1.54, 1.807) is 0 Å². The molecule has 16 heavy (non-hydrogen) atoms. The van der Waals surface area contributed by atoms with Crippen LogP contribution in [-0.4, -0.2) is 11.6 Å². The van der Waals surface area contributed by atoms with E-state index in [9.17, 15) is 0 Å². The minimum atomic E-state index is -0.139. The molecule has 0 aliphatic carbocycles. The van der Waals surface area contributed by atoms with Gasteiger partial charge in [0.2, 0.25) is 0 Å². The first-order valence-electron chi connectivity index (χ1n) is 5.54. The fourth-order valence-electron chi connectivity index (χ4n) is 1.82. The standard InChI is InChI=1S/C12H17N3O/c1-9-5-4-6-10(14-9)12(15-13)11-7-2-3-8-16-11/h4-7,12,15H,2-3,8,13H2,1H3. The molecule has 0 spiro atoms. The fourth-order valence-corrected chi connectivity index (χ4v) is 1.82. The third kappa shape index (κ3) is 2.40. The first kappa shape index (κ1) is 11.1. The van der Waals surface area contributed by atoms with Gasteiger partial charge in [0.15, 0.2) is 0 Å². The third-order valence-corrected chi connectivity index (χ3v) is 2.62. The average Bonchev–Trinajstić information content (AvgIpc) is 2.31. The summed E-state index contributed by atoms with van der Waals surface area (Å²) in [4.78, 5) is 4.46. The molecule has 2 rings (SSSR count). The molecular formula is C12H17N3O. The predicted molar refractivity (Wildman–Crippen MR) is 62.3 cm³/mol. The number of aromatic nitrogens is 1. The third-order valence-electron chi connectivity index (χ3n) is 2.62. The number of ether oxygens (including phenoxy) is 1. The van der Waals surface area contributed by atoms with Crippen molar-refractivity contribution in [3.05, 3.63) is 41.4 Å². The summed E-state index contributed by atoms with van der Waals surface area (Å²) < 4.78 is 5.60. The Labute approximate surface area is 95.5 Å². The maximum Gasteiger partial charge on any atom is 0.120 e. The zero-order valence-electron chi connectivity index (χ0n) is 9.44. The normalized spacial score (nSPS) is 17.5. The molecule has 1 aliphatic heterocycles. The Kier molecular flexibility index (Phi) is 3.54. The van der Waals surface area contributed by atoms with E-state index >= 15 is 0 Å². The van der Waals surface area contributed by atoms with Gasteiger partial charge < -0.3 is 4.74 Å². The van der Waals surface area contributed by atoms with E-state index in [1.807, 2.05) is 25.1 Å². The lowest BCUT2D eigenvalue weighted by molar-refractivity contribution is 0.167. The Bertz CT molecular complexity index is 390. The SMILES string of the molecule is Cc1cccc(C(NN)C2=CCCCO2)n1. The second kappa shape index (κ2) is 5.09. The summed E-state index contributed by atoms with van der Waals surface area (Å²) in [5.41, 5.74) is 4.64. The average molecular weight is 219 g/mol. The molecule has 2 heterocycles. The first-order chi connectivity index (χ1) is 7.81. The van der Waals surface area contributed by atoms with Gasteiger partial charge in [-0.05, 0) is 38.0 Å². The van der Waals surface area contributed by atoms with E-state index in [2.05, 4.69) is 16.5 Å². The monoisotopic (exact) mass is 219 g/mol. The number of hydrogen-bond donors (Lipinski definition) is 2. The van der Waals surface area contributed by atoms with Crippen LogP contribution < -0.4 is 11.3 Å². The van der Waals surface area contributed by atoms with Gasteiger partial charge in [0.05, 0.1) is 12.3 Å². The fraction of sp³-hybridized carbons (Fsp3) is 0.417. The molecule has 1 atom stereocenters. The Morgan fingerprint density at radius 2 is 2.38 bits per heavy atom. The van der Waals surface area contributed by atoms with Crippen molar-refractivity contribution in [3.63, 3.8) is 0 Å². The number of rotatable bonds is 3. The van der Waals surface area contributed by atoms with Crippen molar-refractivity contribution < 1.29 is 4.74 Å². The number of nitrogens with one attached hydrogen (secondary N) is 1. The van der Waals surface area contributed by atoms with E-state index in [0.717, 1.165) is 36.6 Å². The smallest absolute Gasteiger partial charge is 0.120 e. The Balaban J connectivity index is 2.25. The highest BCUT2D eigenvalue weighted by Gasteiger charge is 2.19. The number of pyridine rings is 1. The summed E-state index contributed by atoms with van der Waals surface area (Å²) in [7, 11) is 0. The molecule has 86 valence electrons. The largest absolute Gasteiger partial charge is 0.496 e. The number of nitrogens with two attached hydrogens (primary N) is 1. The molecule has 0 bridgehead atoms. The van der Waals surface area contributed by atoms with Gasteiger partial charge in [0.1, 0.15) is 11.8 Å². The number of hydrogen-bond acceptors (Lipinski definition) is 4. The van der Waals surface area contributed by atoms with Crippen molar-refractivity contribution in [2.24, 2.45) is 5.84 Å². The minimum absolute atomic E-state index is 0.139. The number of aryl methyl sites for hydroxylation is 1. The molecule has 0 saturated heterocycles. The van der Waals surface area contributed by atoms with E-state index in [0.29, 0.717) is 0 Å². The van der Waals surface area contributed by atoms with Crippen LogP contribution >= 0.6 is 0 Å². The zero-order valence-corrected chi connectivity index (χ0v) is 9.44. The summed E-state index contributed by atoms with van der Waals surface area (Å²) >= 11 is 0. The molecule has 0 saturated carbocycles. The van der Waals surface area contributed by atoms with Crippen LogP contribution in [0.15, 0.2) is 30.0 Å². The summed E-state index contributed by atoms with van der Waals surface area (Å²) in [6.07, 6.45) is 4.19. The lowest BCUT2D eigenvalue weighted by Crippen LogP contribution is -2.31. The molecule has 0 aromatic carbocycles. The maximum atomic E-state index is 5.60. The lowest BCUT2D eigenvalue weighted by Gasteiger charge is -2.22. The summed E-state index contributed by atoms with van der Waals surface area (Å²) in [6, 6.07) is 5.76. The summed E-state index contributed by atoms with van der Waals surface area (Å²) in [5.74, 6) is 6.46. The van der Waals surface area contributed by atoms with Crippen LogP contribution in [0.1, 0.15) is 30.3 Å². The second-order valence-corrected chi connectivity index (χ2v) is 3.90. The molecule has 0 radical (unpaired) electrons. The molecule has 1 aromatic rings. The summed E-state index contributed by atoms with van der Waals surface area (Å²) in [5, 5.41) is 0. The van der Waals surface area contributed by atoms with Gasteiger partial charge in [-0.3, -0.25) is 10.8 Å². The van der Waals surface area contributed by atoms with Crippen LogP contribution in [0.2, 0.25) is 0 Å². The van der Waals surface area contributed by atoms with Gasteiger partial charge in [-0.25, -0.2) is 5.43 Å². The van der Waals surface area contributed by atoms with Gasteiger partial charge in [-0.2, -0.15) is 0 Å². The van der Waals surface area contributed by atoms with Crippen molar-refractivity contribution in [2.45, 2.75) is 25.8 Å². The van der Waals surface area contributed by atoms with Gasteiger partial charge in [-0.15, -0.1) is 0 Å². The number of hydrazine groups is 1. The molecule has 1 aromatic heterocycles. The number of allylic oxidation sites excluding steroid dienone is 1. The van der Waals surface area contributed by atoms with Crippen LogP contribution in [0.25, 0.3) is 0 Å². The Hall–Kier alpha value is -1.39. The van der Waals surface area contributed by atoms with Crippen molar-refractivity contribution in [3.8, 4) is 0 Å². The molecule has 1 unspecified atom stereocenters. The zero-order chi connectivity index (χ0) is 11.4. The first-order valence-corrected chi connectivity index (χ1v) is 5.54. The molecule has 4 heteroatoms. The van der Waals surface area contributed by atoms with Crippen molar-refractivity contribution in [1.29, 1.82) is 0 Å². The molecule has 3 N–H and O–H groups in total. The van der Waals surface area contributed by atoms with Crippen molar-refractivity contribution in [2.75, 3.05) is 6.61 Å². The highest BCUT2D eigenvalue weighted by Crippen LogP contribution is 2.24. The van der Waals surface area contributed by atoms with Crippen molar-refractivity contribution in [1.82, 2.24) is 10.4 Å². The Morgan fingerprint density at radius 3 is 3.00 bits per heavy atom. The van der Waals surface area contributed by atoms with E-state index in [-0.39, 0.29) is 6.04 Å². The predicted octanol–water partition coefficient (Wildman–Crippen LogP) is 1.59. The Morgan fingerprint density at radius 1 is 1.50 bits per heavy atom.